The Kier molecular flexibility index (Phi) is 3.45. The van der Waals surface area contributed by atoms with E-state index in [2.05, 4.69) is 12.7 Å². The van der Waals surface area contributed by atoms with Gasteiger partial charge in [-0.1, -0.05) is 18.3 Å². The Hall–Kier alpha value is -0.870. The van der Waals surface area contributed by atoms with Gasteiger partial charge in [-0.2, -0.15) is 0 Å². The highest BCUT2D eigenvalue weighted by atomic mass is 32.1. The molecule has 72 valence electrons. The van der Waals surface area contributed by atoms with Crippen LogP contribution in [0.15, 0.2) is 6.07 Å². The quantitative estimate of drug-likeness (QED) is 0.749. The summed E-state index contributed by atoms with van der Waals surface area (Å²) in [4.78, 5) is 12.5. The molecule has 0 bridgehead atoms. The highest BCUT2D eigenvalue weighted by molar-refractivity contribution is 7.15. The molecule has 3 N–H and O–H groups in total. The van der Waals surface area contributed by atoms with Gasteiger partial charge in [0.15, 0.2) is 5.00 Å². The van der Waals surface area contributed by atoms with Gasteiger partial charge in [0.2, 0.25) is 0 Å². The van der Waals surface area contributed by atoms with Gasteiger partial charge in [-0.3, -0.25) is 0 Å². The summed E-state index contributed by atoms with van der Waals surface area (Å²) in [5.41, 5.74) is 4.42. The maximum Gasteiger partial charge on any atom is 0.345 e. The van der Waals surface area contributed by atoms with Gasteiger partial charge in [0.1, 0.15) is 5.56 Å². The van der Waals surface area contributed by atoms with Gasteiger partial charge in [0, 0.05) is 4.88 Å². The fourth-order valence-corrected chi connectivity index (χ4v) is 1.93. The largest absolute Gasteiger partial charge is 0.462 e. The van der Waals surface area contributed by atoms with Crippen molar-refractivity contribution in [2.75, 3.05) is 6.61 Å². The van der Waals surface area contributed by atoms with Crippen LogP contribution in [0.25, 0.3) is 0 Å². The van der Waals surface area contributed by atoms with E-state index in [1.54, 1.807) is 18.3 Å². The van der Waals surface area contributed by atoms with E-state index >= 15 is 0 Å². The number of carbonyl (C=O) groups excluding carboxylic acids is 1. The Morgan fingerprint density at radius 1 is 1.62 bits per heavy atom. The fourth-order valence-electron chi connectivity index (χ4n) is 1.04. The van der Waals surface area contributed by atoms with Crippen molar-refractivity contribution in [1.82, 2.24) is 0 Å². The molecule has 4 heteroatoms. The van der Waals surface area contributed by atoms with Gasteiger partial charge in [0.25, 0.3) is 0 Å². The first-order valence-corrected chi connectivity index (χ1v) is 5.12. The zero-order chi connectivity index (χ0) is 9.84. The fraction of sp³-hybridized carbons (Fsp3) is 0.444. The van der Waals surface area contributed by atoms with Crippen molar-refractivity contribution in [2.24, 2.45) is 0 Å². The number of ether oxygens (including phenoxy) is 1. The van der Waals surface area contributed by atoms with Gasteiger partial charge in [-0.25, -0.2) is 4.79 Å². The highest BCUT2D eigenvalue weighted by Gasteiger charge is 2.16. The topological polar surface area (TPSA) is 53.9 Å². The highest BCUT2D eigenvalue weighted by Crippen LogP contribution is 2.24. The van der Waals surface area contributed by atoms with Crippen LogP contribution in [0, 0.1) is 0 Å². The molecule has 0 aliphatic carbocycles. The molecule has 3 nitrogen and oxygen atoms in total. The van der Waals surface area contributed by atoms with E-state index in [-0.39, 0.29) is 5.97 Å². The molecule has 1 rings (SSSR count). The third-order valence-corrected chi connectivity index (χ3v) is 2.84. The number of quaternary nitrogens is 1. The number of thiophene rings is 1. The minimum absolute atomic E-state index is 0.261. The molecule has 0 aliphatic heterocycles. The average molecular weight is 200 g/mol. The molecule has 13 heavy (non-hydrogen) atoms. The molecule has 0 saturated carbocycles. The molecule has 0 atom stereocenters. The van der Waals surface area contributed by atoms with Crippen LogP contribution < -0.4 is 5.73 Å². The second kappa shape index (κ2) is 4.39. The van der Waals surface area contributed by atoms with Gasteiger partial charge < -0.3 is 10.5 Å². The first-order chi connectivity index (χ1) is 6.19. The number of esters is 1. The Bertz CT molecular complexity index is 307. The lowest BCUT2D eigenvalue weighted by molar-refractivity contribution is -0.249. The lowest BCUT2D eigenvalue weighted by Crippen LogP contribution is -2.40. The molecule has 0 spiro atoms. The molecule has 0 saturated heterocycles. The van der Waals surface area contributed by atoms with E-state index in [9.17, 15) is 4.79 Å². The van der Waals surface area contributed by atoms with Crippen LogP contribution in [0.1, 0.15) is 29.1 Å². The summed E-state index contributed by atoms with van der Waals surface area (Å²) in [5.74, 6) is -0.261. The molecule has 1 aromatic heterocycles. The van der Waals surface area contributed by atoms with Crippen molar-refractivity contribution in [2.45, 2.75) is 20.3 Å². The standard InChI is InChI=1S/C9H13NO2S/c1-3-6-5-7(8(10)13-6)9(11)12-4-2/h5H,3-4,10H2,1-2H3/p+1. The van der Waals surface area contributed by atoms with E-state index in [0.717, 1.165) is 11.4 Å². The number of rotatable bonds is 3. The summed E-state index contributed by atoms with van der Waals surface area (Å²) < 4.78 is 4.89. The van der Waals surface area contributed by atoms with Crippen LogP contribution in [0.5, 0.6) is 0 Å². The van der Waals surface area contributed by atoms with Gasteiger partial charge in [-0.05, 0) is 19.4 Å². The van der Waals surface area contributed by atoms with Crippen molar-refractivity contribution in [3.63, 3.8) is 0 Å². The summed E-state index contributed by atoms with van der Waals surface area (Å²) in [7, 11) is 0. The summed E-state index contributed by atoms with van der Waals surface area (Å²) in [5, 5.41) is 0.801. The van der Waals surface area contributed by atoms with Crippen molar-refractivity contribution in [3.05, 3.63) is 16.5 Å². The van der Waals surface area contributed by atoms with Gasteiger partial charge in [0.05, 0.1) is 6.61 Å². The maximum absolute atomic E-state index is 11.3. The van der Waals surface area contributed by atoms with Crippen LogP contribution in [-0.2, 0) is 11.2 Å². The molecule has 0 unspecified atom stereocenters. The van der Waals surface area contributed by atoms with Crippen LogP contribution in [0.3, 0.4) is 0 Å². The summed E-state index contributed by atoms with van der Waals surface area (Å²) >= 11 is 1.56. The monoisotopic (exact) mass is 200 g/mol. The predicted octanol–water partition coefficient (Wildman–Crippen LogP) is 1.36. The SMILES string of the molecule is CCOC(=O)c1cc(CC)sc1[NH3+]. The second-order valence-corrected chi connectivity index (χ2v) is 3.84. The molecule has 0 amide bonds. The molecule has 1 heterocycles. The van der Waals surface area contributed by atoms with E-state index in [0.29, 0.717) is 12.2 Å². The number of hydrogen-bond donors (Lipinski definition) is 1. The van der Waals surface area contributed by atoms with Crippen LogP contribution in [0.2, 0.25) is 0 Å². The molecule has 1 aromatic rings. The Labute approximate surface area is 81.5 Å². The van der Waals surface area contributed by atoms with Crippen molar-refractivity contribution in [3.8, 4) is 0 Å². The minimum Gasteiger partial charge on any atom is -0.462 e. The molecular formula is C9H14NO2S+. The molecule has 0 aromatic carbocycles. The maximum atomic E-state index is 11.3. The van der Waals surface area contributed by atoms with Crippen molar-refractivity contribution in [1.29, 1.82) is 0 Å². The first-order valence-electron chi connectivity index (χ1n) is 4.30. The minimum atomic E-state index is -0.261. The Morgan fingerprint density at radius 2 is 2.31 bits per heavy atom. The van der Waals surface area contributed by atoms with Crippen LogP contribution >= 0.6 is 11.3 Å². The zero-order valence-corrected chi connectivity index (χ0v) is 8.74. The molecular weight excluding hydrogens is 186 g/mol. The normalized spacial score (nSPS) is 10.1. The predicted molar refractivity (Wildman–Crippen MR) is 52.2 cm³/mol. The number of hydrogen-bond acceptors (Lipinski definition) is 3. The third kappa shape index (κ3) is 2.29. The lowest BCUT2D eigenvalue weighted by Gasteiger charge is -1.96. The van der Waals surface area contributed by atoms with E-state index in [4.69, 9.17) is 4.74 Å². The summed E-state index contributed by atoms with van der Waals surface area (Å²) in [6.45, 7) is 4.27. The Morgan fingerprint density at radius 3 is 2.77 bits per heavy atom. The lowest BCUT2D eigenvalue weighted by atomic mass is 10.2. The third-order valence-electron chi connectivity index (χ3n) is 1.70. The summed E-state index contributed by atoms with van der Waals surface area (Å²) in [6, 6.07) is 1.87. The van der Waals surface area contributed by atoms with E-state index in [1.807, 2.05) is 6.07 Å². The Balaban J connectivity index is 2.87. The van der Waals surface area contributed by atoms with Crippen LogP contribution in [-0.4, -0.2) is 12.6 Å². The zero-order valence-electron chi connectivity index (χ0n) is 7.92. The molecule has 0 aliphatic rings. The van der Waals surface area contributed by atoms with Crippen molar-refractivity contribution < 1.29 is 15.3 Å². The second-order valence-electron chi connectivity index (χ2n) is 2.62. The molecule has 0 fully saturated rings. The van der Waals surface area contributed by atoms with Crippen LogP contribution in [0.4, 0.5) is 5.00 Å². The smallest absolute Gasteiger partial charge is 0.345 e. The number of carbonyl (C=O) groups is 1. The summed E-state index contributed by atoms with van der Waals surface area (Å²) in [6.07, 6.45) is 0.937. The van der Waals surface area contributed by atoms with E-state index < -0.39 is 0 Å². The van der Waals surface area contributed by atoms with Gasteiger partial charge in [-0.15, -0.1) is 0 Å². The van der Waals surface area contributed by atoms with Crippen molar-refractivity contribution >= 4 is 22.3 Å². The first kappa shape index (κ1) is 10.2. The number of aryl methyl sites for hydroxylation is 1. The van der Waals surface area contributed by atoms with Gasteiger partial charge >= 0.3 is 5.97 Å². The van der Waals surface area contributed by atoms with E-state index in [1.165, 1.54) is 4.88 Å². The average Bonchev–Trinajstić information content (AvgIpc) is 2.47. The molecule has 0 radical (unpaired) electrons.